The Bertz CT molecular complexity index is 633. The summed E-state index contributed by atoms with van der Waals surface area (Å²) < 4.78 is 6.15. The van der Waals surface area contributed by atoms with Crippen molar-refractivity contribution in [2.45, 2.75) is 26.3 Å². The molecule has 1 aromatic carbocycles. The Morgan fingerprint density at radius 3 is 2.38 bits per heavy atom. The molecule has 0 saturated heterocycles. The largest absolute Gasteiger partial charge is 0.413 e. The maximum Gasteiger partial charge on any atom is 0.413 e. The Labute approximate surface area is 132 Å². The number of hydrogen-bond acceptors (Lipinski definition) is 3. The quantitative estimate of drug-likeness (QED) is 0.874. The van der Waals surface area contributed by atoms with Gasteiger partial charge in [-0.1, -0.05) is 12.1 Å². The van der Waals surface area contributed by atoms with E-state index in [1.807, 2.05) is 39.0 Å². The molecule has 0 fully saturated rings. The summed E-state index contributed by atoms with van der Waals surface area (Å²) in [5.41, 5.74) is 1.68. The zero-order chi connectivity index (χ0) is 15.5. The third-order valence-electron chi connectivity index (χ3n) is 2.58. The molecule has 0 aliphatic rings. The summed E-state index contributed by atoms with van der Waals surface area (Å²) in [7, 11) is 0. The molecule has 0 unspecified atom stereocenters. The first-order chi connectivity index (χ1) is 9.83. The van der Waals surface area contributed by atoms with Gasteiger partial charge in [0.1, 0.15) is 5.75 Å². The number of rotatable bonds is 2. The molecule has 2 rings (SSSR count). The fourth-order valence-corrected chi connectivity index (χ4v) is 2.09. The van der Waals surface area contributed by atoms with Gasteiger partial charge in [-0.2, -0.15) is 0 Å². The third-order valence-corrected chi connectivity index (χ3v) is 3.01. The van der Waals surface area contributed by atoms with E-state index in [4.69, 9.17) is 4.74 Å². The number of nitrogens with zero attached hydrogens (tertiary/aromatic N) is 1. The summed E-state index contributed by atoms with van der Waals surface area (Å²) >= 11 is 3.39. The van der Waals surface area contributed by atoms with E-state index in [9.17, 15) is 4.79 Å². The van der Waals surface area contributed by atoms with E-state index < -0.39 is 6.09 Å². The number of carbonyl (C=O) groups is 1. The molecule has 0 radical (unpaired) electrons. The molecule has 4 nitrogen and oxygen atoms in total. The second kappa shape index (κ2) is 6.26. The van der Waals surface area contributed by atoms with Crippen molar-refractivity contribution in [2.24, 2.45) is 0 Å². The van der Waals surface area contributed by atoms with Crippen molar-refractivity contribution < 1.29 is 9.53 Å². The fourth-order valence-electron chi connectivity index (χ4n) is 1.72. The highest BCUT2D eigenvalue weighted by atomic mass is 79.9. The van der Waals surface area contributed by atoms with Crippen LogP contribution in [-0.2, 0) is 0 Å². The van der Waals surface area contributed by atoms with Crippen molar-refractivity contribution in [1.29, 1.82) is 0 Å². The highest BCUT2D eigenvalue weighted by molar-refractivity contribution is 9.10. The van der Waals surface area contributed by atoms with Gasteiger partial charge in [-0.05, 0) is 60.5 Å². The first-order valence-corrected chi connectivity index (χ1v) is 7.34. The summed E-state index contributed by atoms with van der Waals surface area (Å²) in [6.07, 6.45) is 3.06. The van der Waals surface area contributed by atoms with Crippen LogP contribution in [0.15, 0.2) is 47.2 Å². The Hall–Kier alpha value is -1.88. The van der Waals surface area contributed by atoms with Crippen molar-refractivity contribution >= 4 is 22.0 Å². The van der Waals surface area contributed by atoms with Crippen molar-refractivity contribution in [1.82, 2.24) is 10.3 Å². The predicted octanol–water partition coefficient (Wildman–Crippen LogP) is 4.40. The van der Waals surface area contributed by atoms with Crippen LogP contribution in [0.5, 0.6) is 5.75 Å². The Morgan fingerprint density at radius 2 is 1.81 bits per heavy atom. The summed E-state index contributed by atoms with van der Waals surface area (Å²) in [5, 5.41) is 2.74. The molecule has 0 spiro atoms. The molecular formula is C16H17BrN2O2. The number of halogens is 1. The van der Waals surface area contributed by atoms with Crippen molar-refractivity contribution in [2.75, 3.05) is 0 Å². The zero-order valence-electron chi connectivity index (χ0n) is 12.2. The van der Waals surface area contributed by atoms with E-state index in [1.165, 1.54) is 0 Å². The van der Waals surface area contributed by atoms with Crippen LogP contribution in [0.1, 0.15) is 20.8 Å². The first-order valence-electron chi connectivity index (χ1n) is 6.54. The molecule has 110 valence electrons. The maximum absolute atomic E-state index is 11.7. The Balaban J connectivity index is 2.07. The average Bonchev–Trinajstić information content (AvgIpc) is 2.37. The number of amides is 1. The van der Waals surface area contributed by atoms with Gasteiger partial charge in [0.25, 0.3) is 0 Å². The Kier molecular flexibility index (Phi) is 4.63. The molecular weight excluding hydrogens is 332 g/mol. The van der Waals surface area contributed by atoms with Gasteiger partial charge >= 0.3 is 6.09 Å². The highest BCUT2D eigenvalue weighted by Crippen LogP contribution is 2.24. The summed E-state index contributed by atoms with van der Waals surface area (Å²) in [6.45, 7) is 5.70. The molecule has 0 bridgehead atoms. The molecule has 0 atom stereocenters. The number of pyridine rings is 1. The third kappa shape index (κ3) is 4.86. The number of ether oxygens (including phenoxy) is 1. The summed E-state index contributed by atoms with van der Waals surface area (Å²) in [6, 6.07) is 9.29. The predicted molar refractivity (Wildman–Crippen MR) is 86.3 cm³/mol. The molecule has 5 heteroatoms. The van der Waals surface area contributed by atoms with E-state index in [-0.39, 0.29) is 5.54 Å². The fraction of sp³-hybridized carbons (Fsp3) is 0.250. The summed E-state index contributed by atoms with van der Waals surface area (Å²) in [5.74, 6) is 0.503. The minimum atomic E-state index is -0.459. The second-order valence-electron chi connectivity index (χ2n) is 5.68. The first kappa shape index (κ1) is 15.5. The van der Waals surface area contributed by atoms with Crippen molar-refractivity contribution in [3.8, 4) is 16.9 Å². The molecule has 1 heterocycles. The lowest BCUT2D eigenvalue weighted by atomic mass is 10.1. The zero-order valence-corrected chi connectivity index (χ0v) is 13.8. The molecule has 0 aliphatic heterocycles. The summed E-state index contributed by atoms with van der Waals surface area (Å²) in [4.78, 5) is 15.8. The van der Waals surface area contributed by atoms with Gasteiger partial charge in [0.2, 0.25) is 0 Å². The molecule has 1 N–H and O–H groups in total. The van der Waals surface area contributed by atoms with Crippen LogP contribution in [0, 0.1) is 0 Å². The van der Waals surface area contributed by atoms with Gasteiger partial charge in [-0.25, -0.2) is 4.79 Å². The van der Waals surface area contributed by atoms with Gasteiger partial charge in [0, 0.05) is 28.0 Å². The van der Waals surface area contributed by atoms with E-state index in [0.29, 0.717) is 5.75 Å². The lowest BCUT2D eigenvalue weighted by molar-refractivity contribution is 0.190. The van der Waals surface area contributed by atoms with Gasteiger partial charge in [-0.15, -0.1) is 0 Å². The van der Waals surface area contributed by atoms with Crippen molar-refractivity contribution in [3.63, 3.8) is 0 Å². The highest BCUT2D eigenvalue weighted by Gasteiger charge is 2.15. The SMILES string of the molecule is CC(C)(C)NC(=O)Oc1ccc(-c2cncc(Br)c2)cc1. The van der Waals surface area contributed by atoms with Gasteiger partial charge in [-0.3, -0.25) is 4.98 Å². The van der Waals surface area contributed by atoms with Crippen LogP contribution < -0.4 is 10.1 Å². The monoisotopic (exact) mass is 348 g/mol. The van der Waals surface area contributed by atoms with Crippen LogP contribution in [0.2, 0.25) is 0 Å². The van der Waals surface area contributed by atoms with E-state index in [0.717, 1.165) is 15.6 Å². The number of carbonyl (C=O) groups excluding carboxylic acids is 1. The normalized spacial score (nSPS) is 11.0. The standard InChI is InChI=1S/C16H17BrN2O2/c1-16(2,3)19-15(20)21-14-6-4-11(5-7-14)12-8-13(17)10-18-9-12/h4-10H,1-3H3,(H,19,20). The van der Waals surface area contributed by atoms with Gasteiger partial charge in [0.05, 0.1) is 0 Å². The smallest absolute Gasteiger partial charge is 0.410 e. The van der Waals surface area contributed by atoms with Crippen LogP contribution >= 0.6 is 15.9 Å². The maximum atomic E-state index is 11.7. The Morgan fingerprint density at radius 1 is 1.14 bits per heavy atom. The van der Waals surface area contributed by atoms with E-state index >= 15 is 0 Å². The number of nitrogens with one attached hydrogen (secondary N) is 1. The molecule has 21 heavy (non-hydrogen) atoms. The van der Waals surface area contributed by atoms with Gasteiger partial charge in [0.15, 0.2) is 0 Å². The molecule has 1 amide bonds. The van der Waals surface area contributed by atoms with Gasteiger partial charge < -0.3 is 10.1 Å². The molecule has 1 aromatic heterocycles. The average molecular weight is 349 g/mol. The van der Waals surface area contributed by atoms with Crippen LogP contribution in [0.3, 0.4) is 0 Å². The molecule has 2 aromatic rings. The van der Waals surface area contributed by atoms with Crippen molar-refractivity contribution in [3.05, 3.63) is 47.2 Å². The number of benzene rings is 1. The minimum Gasteiger partial charge on any atom is -0.410 e. The lowest BCUT2D eigenvalue weighted by Crippen LogP contribution is -2.42. The van der Waals surface area contributed by atoms with E-state index in [2.05, 4.69) is 26.2 Å². The molecule has 0 saturated carbocycles. The lowest BCUT2D eigenvalue weighted by Gasteiger charge is -2.19. The van der Waals surface area contributed by atoms with Crippen LogP contribution in [0.4, 0.5) is 4.79 Å². The van der Waals surface area contributed by atoms with E-state index in [1.54, 1.807) is 24.5 Å². The second-order valence-corrected chi connectivity index (χ2v) is 6.60. The number of aromatic nitrogens is 1. The van der Waals surface area contributed by atoms with Crippen LogP contribution in [0.25, 0.3) is 11.1 Å². The topological polar surface area (TPSA) is 51.2 Å². The number of hydrogen-bond donors (Lipinski definition) is 1. The molecule has 0 aliphatic carbocycles. The van der Waals surface area contributed by atoms with Crippen LogP contribution in [-0.4, -0.2) is 16.6 Å². The minimum absolute atomic E-state index is 0.320.